The highest BCUT2D eigenvalue weighted by molar-refractivity contribution is 9.10. The Bertz CT molecular complexity index is 639. The summed E-state index contributed by atoms with van der Waals surface area (Å²) in [5, 5.41) is 6.62. The maximum Gasteiger partial charge on any atom is 0.193 e. The van der Waals surface area contributed by atoms with Gasteiger partial charge < -0.3 is 10.2 Å². The Balaban J connectivity index is 1.87. The second-order valence-corrected chi connectivity index (χ2v) is 6.95. The number of aliphatic imine (C=N–C) groups is 1. The molecule has 0 fully saturated rings. The lowest BCUT2D eigenvalue weighted by Crippen LogP contribution is -2.39. The minimum Gasteiger partial charge on any atom is -0.356 e. The van der Waals surface area contributed by atoms with Crippen LogP contribution in [-0.2, 0) is 13.0 Å². The first-order chi connectivity index (χ1) is 10.6. The molecular weight excluding hydrogens is 360 g/mol. The molecule has 2 rings (SSSR count). The fourth-order valence-electron chi connectivity index (χ4n) is 2.17. The number of thiazole rings is 1. The van der Waals surface area contributed by atoms with Crippen LogP contribution in [0.4, 0.5) is 0 Å². The normalized spacial score (nSPS) is 11.5. The molecule has 0 aliphatic heterocycles. The van der Waals surface area contributed by atoms with E-state index in [0.29, 0.717) is 0 Å². The van der Waals surface area contributed by atoms with Gasteiger partial charge in [0.25, 0.3) is 0 Å². The van der Waals surface area contributed by atoms with Crippen LogP contribution >= 0.6 is 27.3 Å². The summed E-state index contributed by atoms with van der Waals surface area (Å²) >= 11 is 5.28. The Morgan fingerprint density at radius 3 is 2.82 bits per heavy atom. The summed E-state index contributed by atoms with van der Waals surface area (Å²) in [6.07, 6.45) is 0.909. The van der Waals surface area contributed by atoms with Crippen molar-refractivity contribution in [2.75, 3.05) is 20.6 Å². The first-order valence-electron chi connectivity index (χ1n) is 7.16. The predicted octanol–water partition coefficient (Wildman–Crippen LogP) is 3.46. The van der Waals surface area contributed by atoms with E-state index in [1.165, 1.54) is 5.56 Å². The summed E-state index contributed by atoms with van der Waals surface area (Å²) < 4.78 is 1.12. The van der Waals surface area contributed by atoms with Crippen molar-refractivity contribution in [2.24, 2.45) is 4.99 Å². The van der Waals surface area contributed by atoms with E-state index >= 15 is 0 Å². The lowest BCUT2D eigenvalue weighted by Gasteiger charge is -2.22. The third kappa shape index (κ3) is 4.81. The number of nitrogens with one attached hydrogen (secondary N) is 1. The Morgan fingerprint density at radius 2 is 2.18 bits per heavy atom. The molecule has 2 aromatic rings. The summed E-state index contributed by atoms with van der Waals surface area (Å²) in [5.41, 5.74) is 2.38. The van der Waals surface area contributed by atoms with Gasteiger partial charge in [-0.05, 0) is 18.6 Å². The van der Waals surface area contributed by atoms with Crippen LogP contribution in [-0.4, -0.2) is 36.5 Å². The zero-order valence-corrected chi connectivity index (χ0v) is 15.5. The van der Waals surface area contributed by atoms with Gasteiger partial charge in [-0.25, -0.2) is 4.98 Å². The molecular formula is C16H21BrN4S. The third-order valence-electron chi connectivity index (χ3n) is 3.27. The molecule has 0 saturated carbocycles. The molecule has 1 aromatic heterocycles. The number of benzene rings is 1. The summed E-state index contributed by atoms with van der Waals surface area (Å²) in [7, 11) is 3.85. The average molecular weight is 381 g/mol. The predicted molar refractivity (Wildman–Crippen MR) is 97.5 cm³/mol. The van der Waals surface area contributed by atoms with Crippen molar-refractivity contribution >= 4 is 33.2 Å². The Morgan fingerprint density at radius 1 is 1.41 bits per heavy atom. The molecule has 0 saturated heterocycles. The van der Waals surface area contributed by atoms with Crippen LogP contribution < -0.4 is 5.32 Å². The van der Waals surface area contributed by atoms with Crippen LogP contribution in [0.3, 0.4) is 0 Å². The van der Waals surface area contributed by atoms with Crippen LogP contribution in [0.2, 0.25) is 0 Å². The van der Waals surface area contributed by atoms with Crippen LogP contribution in [0.1, 0.15) is 16.3 Å². The largest absolute Gasteiger partial charge is 0.356 e. The van der Waals surface area contributed by atoms with Gasteiger partial charge in [0, 0.05) is 43.5 Å². The summed E-state index contributed by atoms with van der Waals surface area (Å²) in [4.78, 5) is 10.9. The lowest BCUT2D eigenvalue weighted by atomic mass is 10.2. The van der Waals surface area contributed by atoms with E-state index in [9.17, 15) is 0 Å². The van der Waals surface area contributed by atoms with Gasteiger partial charge in [-0.1, -0.05) is 34.1 Å². The molecule has 118 valence electrons. The topological polar surface area (TPSA) is 40.5 Å². The Kier molecular flexibility index (Phi) is 6.39. The van der Waals surface area contributed by atoms with Crippen molar-refractivity contribution in [3.63, 3.8) is 0 Å². The standard InChI is InChI=1S/C16H21BrN4S/c1-12-20-14(11-22-12)8-9-19-16(18-2)21(3)10-13-6-4-5-7-15(13)17/h4-7,11H,8-10H2,1-3H3,(H,18,19). The second-order valence-electron chi connectivity index (χ2n) is 5.03. The molecule has 0 amide bonds. The second kappa shape index (κ2) is 8.29. The van der Waals surface area contributed by atoms with Gasteiger partial charge in [0.15, 0.2) is 5.96 Å². The van der Waals surface area contributed by atoms with Gasteiger partial charge in [0.05, 0.1) is 10.7 Å². The Hall–Kier alpha value is -1.40. The zero-order valence-electron chi connectivity index (χ0n) is 13.1. The number of hydrogen-bond acceptors (Lipinski definition) is 3. The quantitative estimate of drug-likeness (QED) is 0.637. The fourth-order valence-corrected chi connectivity index (χ4v) is 3.22. The van der Waals surface area contributed by atoms with E-state index in [1.54, 1.807) is 11.3 Å². The zero-order chi connectivity index (χ0) is 15.9. The van der Waals surface area contributed by atoms with Gasteiger partial charge in [0.2, 0.25) is 0 Å². The molecule has 0 unspecified atom stereocenters. The molecule has 1 heterocycles. The van der Waals surface area contributed by atoms with E-state index in [4.69, 9.17) is 0 Å². The van der Waals surface area contributed by atoms with Crippen LogP contribution in [0, 0.1) is 6.92 Å². The first-order valence-corrected chi connectivity index (χ1v) is 8.83. The minimum absolute atomic E-state index is 0.802. The number of halogens is 1. The molecule has 1 N–H and O–H groups in total. The van der Waals surface area contributed by atoms with Crippen molar-refractivity contribution < 1.29 is 0 Å². The summed E-state index contributed by atoms with van der Waals surface area (Å²) in [5.74, 6) is 0.891. The highest BCUT2D eigenvalue weighted by Gasteiger charge is 2.08. The van der Waals surface area contributed by atoms with E-state index < -0.39 is 0 Å². The Labute approximate surface area is 144 Å². The monoisotopic (exact) mass is 380 g/mol. The van der Waals surface area contributed by atoms with Crippen molar-refractivity contribution in [3.8, 4) is 0 Å². The maximum atomic E-state index is 4.48. The molecule has 0 atom stereocenters. The van der Waals surface area contributed by atoms with Crippen molar-refractivity contribution in [3.05, 3.63) is 50.4 Å². The summed E-state index contributed by atoms with van der Waals surface area (Å²) in [6, 6.07) is 8.25. The number of aryl methyl sites for hydroxylation is 1. The number of rotatable bonds is 5. The molecule has 0 bridgehead atoms. The maximum absolute atomic E-state index is 4.48. The van der Waals surface area contributed by atoms with E-state index in [2.05, 4.69) is 59.7 Å². The molecule has 0 spiro atoms. The highest BCUT2D eigenvalue weighted by atomic mass is 79.9. The number of aromatic nitrogens is 1. The third-order valence-corrected chi connectivity index (χ3v) is 4.87. The van der Waals surface area contributed by atoms with Crippen molar-refractivity contribution in [1.29, 1.82) is 0 Å². The van der Waals surface area contributed by atoms with Crippen molar-refractivity contribution in [2.45, 2.75) is 19.9 Å². The average Bonchev–Trinajstić information content (AvgIpc) is 2.91. The van der Waals surface area contributed by atoms with E-state index in [0.717, 1.165) is 40.6 Å². The molecule has 1 aromatic carbocycles. The molecule has 6 heteroatoms. The van der Waals surface area contributed by atoms with Gasteiger partial charge >= 0.3 is 0 Å². The van der Waals surface area contributed by atoms with Crippen LogP contribution in [0.25, 0.3) is 0 Å². The lowest BCUT2D eigenvalue weighted by molar-refractivity contribution is 0.476. The van der Waals surface area contributed by atoms with Crippen LogP contribution in [0.5, 0.6) is 0 Å². The fraction of sp³-hybridized carbons (Fsp3) is 0.375. The molecule has 0 radical (unpaired) electrons. The van der Waals surface area contributed by atoms with Gasteiger partial charge in [-0.2, -0.15) is 0 Å². The molecule has 0 aliphatic carbocycles. The van der Waals surface area contributed by atoms with E-state index in [-0.39, 0.29) is 0 Å². The molecule has 4 nitrogen and oxygen atoms in total. The number of nitrogens with zero attached hydrogens (tertiary/aromatic N) is 3. The van der Waals surface area contributed by atoms with Gasteiger partial charge in [0.1, 0.15) is 0 Å². The highest BCUT2D eigenvalue weighted by Crippen LogP contribution is 2.17. The van der Waals surface area contributed by atoms with Gasteiger partial charge in [-0.3, -0.25) is 4.99 Å². The molecule has 0 aliphatic rings. The van der Waals surface area contributed by atoms with E-state index in [1.807, 2.05) is 27.1 Å². The van der Waals surface area contributed by atoms with Crippen LogP contribution in [0.15, 0.2) is 39.1 Å². The van der Waals surface area contributed by atoms with Gasteiger partial charge in [-0.15, -0.1) is 11.3 Å². The smallest absolute Gasteiger partial charge is 0.193 e. The first kappa shape index (κ1) is 17.0. The minimum atomic E-state index is 0.802. The molecule has 22 heavy (non-hydrogen) atoms. The summed E-state index contributed by atoms with van der Waals surface area (Å²) in [6.45, 7) is 3.67. The number of guanidine groups is 1. The number of hydrogen-bond donors (Lipinski definition) is 1. The SMILES string of the molecule is CN=C(NCCc1csc(C)n1)N(C)Cc1ccccc1Br. The van der Waals surface area contributed by atoms with Crippen molar-refractivity contribution in [1.82, 2.24) is 15.2 Å².